The van der Waals surface area contributed by atoms with E-state index < -0.39 is 0 Å². The first-order valence-electron chi connectivity index (χ1n) is 5.99. The lowest BCUT2D eigenvalue weighted by Crippen LogP contribution is -2.27. The minimum Gasteiger partial charge on any atom is -0.398 e. The zero-order valence-electron chi connectivity index (χ0n) is 10.6. The Balaban J connectivity index is 2.18. The maximum Gasteiger partial charge on any atom is 0.255 e. The van der Waals surface area contributed by atoms with Gasteiger partial charge in [-0.15, -0.1) is 0 Å². The Bertz CT molecular complexity index is 564. The SMILES string of the molecule is C[C@H](NC(=O)c1c(N)cccc1Cl)c1ccccc1. The Morgan fingerprint density at radius 1 is 1.16 bits per heavy atom. The van der Waals surface area contributed by atoms with Gasteiger partial charge in [0.2, 0.25) is 0 Å². The molecule has 0 aromatic heterocycles. The number of rotatable bonds is 3. The highest BCUT2D eigenvalue weighted by Crippen LogP contribution is 2.23. The van der Waals surface area contributed by atoms with Crippen LogP contribution < -0.4 is 11.1 Å². The van der Waals surface area contributed by atoms with Gasteiger partial charge in [0.1, 0.15) is 0 Å². The highest BCUT2D eigenvalue weighted by Gasteiger charge is 2.16. The second-order valence-electron chi connectivity index (χ2n) is 4.31. The Labute approximate surface area is 117 Å². The molecule has 2 aromatic carbocycles. The average Bonchev–Trinajstić information content (AvgIpc) is 2.39. The van der Waals surface area contributed by atoms with Crippen molar-refractivity contribution in [2.75, 3.05) is 5.73 Å². The van der Waals surface area contributed by atoms with Gasteiger partial charge in [-0.2, -0.15) is 0 Å². The minimum atomic E-state index is -0.264. The topological polar surface area (TPSA) is 55.1 Å². The van der Waals surface area contributed by atoms with Crippen LogP contribution in [0, 0.1) is 0 Å². The van der Waals surface area contributed by atoms with Crippen LogP contribution in [-0.4, -0.2) is 5.91 Å². The third kappa shape index (κ3) is 3.06. The molecule has 4 heteroatoms. The van der Waals surface area contributed by atoms with Crippen molar-refractivity contribution in [3.63, 3.8) is 0 Å². The molecule has 0 unspecified atom stereocenters. The van der Waals surface area contributed by atoms with Crippen molar-refractivity contribution in [3.8, 4) is 0 Å². The molecule has 2 rings (SSSR count). The standard InChI is InChI=1S/C15H15ClN2O/c1-10(11-6-3-2-4-7-11)18-15(19)14-12(16)8-5-9-13(14)17/h2-10H,17H2,1H3,(H,18,19)/t10-/m0/s1. The maximum atomic E-state index is 12.2. The van der Waals surface area contributed by atoms with E-state index in [-0.39, 0.29) is 11.9 Å². The average molecular weight is 275 g/mol. The molecule has 0 aliphatic rings. The zero-order valence-corrected chi connectivity index (χ0v) is 11.3. The Morgan fingerprint density at radius 3 is 2.47 bits per heavy atom. The van der Waals surface area contributed by atoms with E-state index in [0.29, 0.717) is 16.3 Å². The van der Waals surface area contributed by atoms with E-state index in [1.807, 2.05) is 37.3 Å². The van der Waals surface area contributed by atoms with Crippen molar-refractivity contribution < 1.29 is 4.79 Å². The van der Waals surface area contributed by atoms with Gasteiger partial charge in [-0.25, -0.2) is 0 Å². The van der Waals surface area contributed by atoms with Crippen molar-refractivity contribution in [1.82, 2.24) is 5.32 Å². The number of carbonyl (C=O) groups is 1. The molecule has 0 fully saturated rings. The van der Waals surface area contributed by atoms with Crippen LogP contribution in [-0.2, 0) is 0 Å². The quantitative estimate of drug-likeness (QED) is 0.843. The smallest absolute Gasteiger partial charge is 0.255 e. The van der Waals surface area contributed by atoms with Crippen LogP contribution in [0.25, 0.3) is 0 Å². The third-order valence-electron chi connectivity index (χ3n) is 2.92. The molecule has 0 spiro atoms. The summed E-state index contributed by atoms with van der Waals surface area (Å²) in [5, 5.41) is 3.25. The minimum absolute atomic E-state index is 0.107. The molecule has 0 saturated heterocycles. The predicted molar refractivity (Wildman–Crippen MR) is 78.2 cm³/mol. The van der Waals surface area contributed by atoms with Crippen molar-refractivity contribution in [2.24, 2.45) is 0 Å². The van der Waals surface area contributed by atoms with Crippen LogP contribution in [0.4, 0.5) is 5.69 Å². The summed E-state index contributed by atoms with van der Waals surface area (Å²) in [5.74, 6) is -0.264. The van der Waals surface area contributed by atoms with E-state index in [1.54, 1.807) is 18.2 Å². The lowest BCUT2D eigenvalue weighted by molar-refractivity contribution is 0.0941. The van der Waals surface area contributed by atoms with E-state index in [0.717, 1.165) is 5.56 Å². The van der Waals surface area contributed by atoms with E-state index in [1.165, 1.54) is 0 Å². The first-order chi connectivity index (χ1) is 9.09. The van der Waals surface area contributed by atoms with Gasteiger partial charge in [0.05, 0.1) is 16.6 Å². The number of halogens is 1. The second-order valence-corrected chi connectivity index (χ2v) is 4.72. The molecule has 0 saturated carbocycles. The predicted octanol–water partition coefficient (Wildman–Crippen LogP) is 3.41. The summed E-state index contributed by atoms with van der Waals surface area (Å²) in [7, 11) is 0. The van der Waals surface area contributed by atoms with Gasteiger partial charge in [0, 0.05) is 5.69 Å². The van der Waals surface area contributed by atoms with Gasteiger partial charge >= 0.3 is 0 Å². The molecule has 0 aliphatic heterocycles. The van der Waals surface area contributed by atoms with Crippen molar-refractivity contribution >= 4 is 23.2 Å². The molecule has 3 N–H and O–H groups in total. The number of anilines is 1. The normalized spacial score (nSPS) is 11.9. The third-order valence-corrected chi connectivity index (χ3v) is 3.24. The highest BCUT2D eigenvalue weighted by molar-refractivity contribution is 6.34. The number of carbonyl (C=O) groups excluding carboxylic acids is 1. The molecule has 0 bridgehead atoms. The fourth-order valence-corrected chi connectivity index (χ4v) is 2.14. The van der Waals surface area contributed by atoms with Crippen LogP contribution in [0.5, 0.6) is 0 Å². The molecule has 2 aromatic rings. The van der Waals surface area contributed by atoms with Crippen LogP contribution in [0.1, 0.15) is 28.9 Å². The number of nitrogen functional groups attached to an aromatic ring is 1. The lowest BCUT2D eigenvalue weighted by Gasteiger charge is -2.15. The van der Waals surface area contributed by atoms with Crippen molar-refractivity contribution in [2.45, 2.75) is 13.0 Å². The summed E-state index contributed by atoms with van der Waals surface area (Å²) in [6.45, 7) is 1.92. The molecular weight excluding hydrogens is 260 g/mol. The number of nitrogens with two attached hydrogens (primary N) is 1. The number of amides is 1. The van der Waals surface area contributed by atoms with Gasteiger partial charge in [0.15, 0.2) is 0 Å². The van der Waals surface area contributed by atoms with Crippen molar-refractivity contribution in [1.29, 1.82) is 0 Å². The number of nitrogens with one attached hydrogen (secondary N) is 1. The van der Waals surface area contributed by atoms with Crippen LogP contribution in [0.15, 0.2) is 48.5 Å². The Kier molecular flexibility index (Phi) is 4.07. The Morgan fingerprint density at radius 2 is 1.84 bits per heavy atom. The molecule has 3 nitrogen and oxygen atoms in total. The number of hydrogen-bond acceptors (Lipinski definition) is 2. The van der Waals surface area contributed by atoms with Crippen molar-refractivity contribution in [3.05, 3.63) is 64.7 Å². The second kappa shape index (κ2) is 5.76. The lowest BCUT2D eigenvalue weighted by atomic mass is 10.1. The summed E-state index contributed by atoms with van der Waals surface area (Å²) >= 11 is 6.01. The van der Waals surface area contributed by atoms with Gasteiger partial charge in [-0.1, -0.05) is 48.0 Å². The van der Waals surface area contributed by atoms with E-state index in [2.05, 4.69) is 5.32 Å². The van der Waals surface area contributed by atoms with E-state index >= 15 is 0 Å². The van der Waals surface area contributed by atoms with Crippen LogP contribution in [0.3, 0.4) is 0 Å². The number of benzene rings is 2. The number of hydrogen-bond donors (Lipinski definition) is 2. The summed E-state index contributed by atoms with van der Waals surface area (Å²) in [4.78, 5) is 12.2. The maximum absolute atomic E-state index is 12.2. The van der Waals surface area contributed by atoms with Gasteiger partial charge < -0.3 is 11.1 Å². The fraction of sp³-hybridized carbons (Fsp3) is 0.133. The molecule has 1 atom stereocenters. The molecule has 0 heterocycles. The largest absolute Gasteiger partial charge is 0.398 e. The first-order valence-corrected chi connectivity index (χ1v) is 6.37. The van der Waals surface area contributed by atoms with Crippen LogP contribution >= 0.6 is 11.6 Å². The summed E-state index contributed by atoms with van der Waals surface area (Å²) in [6, 6.07) is 14.6. The molecule has 19 heavy (non-hydrogen) atoms. The Hall–Kier alpha value is -2.00. The monoisotopic (exact) mass is 274 g/mol. The molecule has 98 valence electrons. The van der Waals surface area contributed by atoms with Crippen LogP contribution in [0.2, 0.25) is 5.02 Å². The highest BCUT2D eigenvalue weighted by atomic mass is 35.5. The van der Waals surface area contributed by atoms with Gasteiger partial charge in [0.25, 0.3) is 5.91 Å². The van der Waals surface area contributed by atoms with Gasteiger partial charge in [-0.05, 0) is 24.6 Å². The van der Waals surface area contributed by atoms with E-state index in [4.69, 9.17) is 17.3 Å². The summed E-state index contributed by atoms with van der Waals surface area (Å²) < 4.78 is 0. The van der Waals surface area contributed by atoms with E-state index in [9.17, 15) is 4.79 Å². The zero-order chi connectivity index (χ0) is 13.8. The summed E-state index contributed by atoms with van der Waals surface area (Å²) in [5.41, 5.74) is 7.53. The molecule has 1 amide bonds. The molecule has 0 radical (unpaired) electrons. The fourth-order valence-electron chi connectivity index (χ4n) is 1.87. The summed E-state index contributed by atoms with van der Waals surface area (Å²) in [6.07, 6.45) is 0. The van der Waals surface area contributed by atoms with Gasteiger partial charge in [-0.3, -0.25) is 4.79 Å². The first kappa shape index (κ1) is 13.4. The molecule has 0 aliphatic carbocycles. The molecular formula is C15H15ClN2O.